The smallest absolute Gasteiger partial charge is 0.387 e. The van der Waals surface area contributed by atoms with Crippen molar-refractivity contribution >= 4 is 17.5 Å². The van der Waals surface area contributed by atoms with Gasteiger partial charge >= 0.3 is 6.61 Å². The summed E-state index contributed by atoms with van der Waals surface area (Å²) in [6.07, 6.45) is 0. The first-order chi connectivity index (χ1) is 13.5. The van der Waals surface area contributed by atoms with Crippen LogP contribution in [-0.4, -0.2) is 45.5 Å². The van der Waals surface area contributed by atoms with Gasteiger partial charge in [0.1, 0.15) is 11.5 Å². The van der Waals surface area contributed by atoms with E-state index in [1.165, 1.54) is 16.8 Å². The summed E-state index contributed by atoms with van der Waals surface area (Å²) in [6.45, 7) is -1.25. The summed E-state index contributed by atoms with van der Waals surface area (Å²) in [7, 11) is 1.57. The Hall–Kier alpha value is -3.01. The summed E-state index contributed by atoms with van der Waals surface area (Å²) in [6, 6.07) is 11.6. The number of methoxy groups -OCH3 is 1. The van der Waals surface area contributed by atoms with Gasteiger partial charge in [-0.3, -0.25) is 4.79 Å². The number of aryl methyl sites for hydroxylation is 1. The van der Waals surface area contributed by atoms with Crippen LogP contribution in [0.5, 0.6) is 11.5 Å². The molecule has 0 unspecified atom stereocenters. The molecule has 0 fully saturated rings. The highest BCUT2D eigenvalue weighted by Gasteiger charge is 2.18. The van der Waals surface area contributed by atoms with Gasteiger partial charge in [-0.2, -0.15) is 13.5 Å². The molecule has 0 aliphatic rings. The molecular formula is C18H16F2N4O3S. The molecule has 0 saturated heterocycles. The Morgan fingerprint density at radius 3 is 2.64 bits per heavy atom. The second-order valence-electron chi connectivity index (χ2n) is 5.66. The Kier molecular flexibility index (Phi) is 6.19. The standard InChI is InChI=1S/C18H16F2N4O3S/c1-11-3-8-16(27-17(19)20)14(9-11)15(25)10-28-18-21-22-23-24(18)12-4-6-13(26-2)7-5-12/h3-9,17H,10H2,1-2H3. The maximum atomic E-state index is 12.6. The Morgan fingerprint density at radius 1 is 1.21 bits per heavy atom. The Morgan fingerprint density at radius 2 is 1.96 bits per heavy atom. The maximum absolute atomic E-state index is 12.6. The number of ketones is 1. The van der Waals surface area contributed by atoms with Crippen LogP contribution in [0.25, 0.3) is 5.69 Å². The van der Waals surface area contributed by atoms with E-state index in [-0.39, 0.29) is 22.8 Å². The number of nitrogens with zero attached hydrogens (tertiary/aromatic N) is 4. The van der Waals surface area contributed by atoms with Crippen molar-refractivity contribution in [1.29, 1.82) is 0 Å². The molecule has 3 aromatic rings. The fraction of sp³-hybridized carbons (Fsp3) is 0.222. The Labute approximate surface area is 163 Å². The largest absolute Gasteiger partial charge is 0.497 e. The first-order valence-corrected chi connectivity index (χ1v) is 9.10. The Balaban J connectivity index is 1.76. The van der Waals surface area contributed by atoms with Crippen molar-refractivity contribution in [2.24, 2.45) is 0 Å². The van der Waals surface area contributed by atoms with E-state index >= 15 is 0 Å². The van der Waals surface area contributed by atoms with E-state index in [9.17, 15) is 13.6 Å². The van der Waals surface area contributed by atoms with E-state index in [1.807, 2.05) is 0 Å². The number of aromatic nitrogens is 4. The quantitative estimate of drug-likeness (QED) is 0.418. The summed E-state index contributed by atoms with van der Waals surface area (Å²) in [5.41, 5.74) is 1.55. The van der Waals surface area contributed by atoms with Gasteiger partial charge in [-0.05, 0) is 53.7 Å². The second kappa shape index (κ2) is 8.79. The molecule has 7 nitrogen and oxygen atoms in total. The first kappa shape index (κ1) is 19.7. The van der Waals surface area contributed by atoms with Gasteiger partial charge in [0, 0.05) is 0 Å². The summed E-state index contributed by atoms with van der Waals surface area (Å²) in [5.74, 6) is 0.126. The molecule has 1 aromatic heterocycles. The zero-order chi connectivity index (χ0) is 20.1. The molecule has 1 heterocycles. The normalized spacial score (nSPS) is 10.9. The van der Waals surface area contributed by atoms with Gasteiger partial charge < -0.3 is 9.47 Å². The van der Waals surface area contributed by atoms with Crippen molar-refractivity contribution in [1.82, 2.24) is 20.2 Å². The number of hydrogen-bond donors (Lipinski definition) is 0. The van der Waals surface area contributed by atoms with Crippen LogP contribution >= 0.6 is 11.8 Å². The number of hydrogen-bond acceptors (Lipinski definition) is 7. The molecule has 2 aromatic carbocycles. The lowest BCUT2D eigenvalue weighted by Gasteiger charge is -2.11. The minimum atomic E-state index is -3.01. The lowest BCUT2D eigenvalue weighted by atomic mass is 10.1. The van der Waals surface area contributed by atoms with Crippen LogP contribution in [-0.2, 0) is 0 Å². The number of rotatable bonds is 8. The fourth-order valence-electron chi connectivity index (χ4n) is 2.42. The molecule has 0 spiro atoms. The number of carbonyl (C=O) groups excluding carboxylic acids is 1. The second-order valence-corrected chi connectivity index (χ2v) is 6.60. The molecule has 0 N–H and O–H groups in total. The fourth-order valence-corrected chi connectivity index (χ4v) is 3.20. The minimum absolute atomic E-state index is 0.0421. The van der Waals surface area contributed by atoms with Crippen molar-refractivity contribution in [2.75, 3.05) is 12.9 Å². The van der Waals surface area contributed by atoms with Gasteiger partial charge in [0.15, 0.2) is 5.78 Å². The molecule has 0 radical (unpaired) electrons. The van der Waals surface area contributed by atoms with E-state index in [0.717, 1.165) is 17.3 Å². The molecule has 0 atom stereocenters. The van der Waals surface area contributed by atoms with Gasteiger partial charge in [-0.1, -0.05) is 23.4 Å². The summed E-state index contributed by atoms with van der Waals surface area (Å²) < 4.78 is 36.2. The molecule has 0 aliphatic heterocycles. The van der Waals surface area contributed by atoms with Crippen LogP contribution in [0.2, 0.25) is 0 Å². The van der Waals surface area contributed by atoms with Gasteiger partial charge in [0.05, 0.1) is 24.1 Å². The molecule has 0 saturated carbocycles. The highest BCUT2D eigenvalue weighted by atomic mass is 32.2. The maximum Gasteiger partial charge on any atom is 0.387 e. The van der Waals surface area contributed by atoms with Crippen LogP contribution in [0.4, 0.5) is 8.78 Å². The molecule has 146 valence electrons. The van der Waals surface area contributed by atoms with Gasteiger partial charge in [-0.25, -0.2) is 0 Å². The first-order valence-electron chi connectivity index (χ1n) is 8.12. The van der Waals surface area contributed by atoms with Gasteiger partial charge in [0.25, 0.3) is 0 Å². The van der Waals surface area contributed by atoms with E-state index in [0.29, 0.717) is 16.6 Å². The van der Waals surface area contributed by atoms with Crippen molar-refractivity contribution in [3.63, 3.8) is 0 Å². The van der Waals surface area contributed by atoms with E-state index in [4.69, 9.17) is 4.74 Å². The number of benzene rings is 2. The number of halogens is 2. The van der Waals surface area contributed by atoms with Crippen molar-refractivity contribution in [3.05, 3.63) is 53.6 Å². The monoisotopic (exact) mass is 406 g/mol. The lowest BCUT2D eigenvalue weighted by molar-refractivity contribution is -0.0501. The number of thioether (sulfide) groups is 1. The molecule has 0 aliphatic carbocycles. The van der Waals surface area contributed by atoms with E-state index in [1.54, 1.807) is 44.4 Å². The molecule has 0 amide bonds. The van der Waals surface area contributed by atoms with Crippen LogP contribution in [0.3, 0.4) is 0 Å². The molecular weight excluding hydrogens is 390 g/mol. The molecule has 3 rings (SSSR count). The predicted octanol–water partition coefficient (Wildman–Crippen LogP) is 3.56. The van der Waals surface area contributed by atoms with Crippen LogP contribution in [0.1, 0.15) is 15.9 Å². The number of alkyl halides is 2. The Bertz CT molecular complexity index is 964. The van der Waals surface area contributed by atoms with E-state index in [2.05, 4.69) is 20.3 Å². The average Bonchev–Trinajstić information content (AvgIpc) is 3.16. The number of Topliss-reactive ketones (excluding diaryl/α,β-unsaturated/α-hetero) is 1. The highest BCUT2D eigenvalue weighted by Crippen LogP contribution is 2.26. The van der Waals surface area contributed by atoms with Gasteiger partial charge in [0.2, 0.25) is 5.16 Å². The zero-order valence-corrected chi connectivity index (χ0v) is 15.8. The summed E-state index contributed by atoms with van der Waals surface area (Å²) in [4.78, 5) is 12.6. The summed E-state index contributed by atoms with van der Waals surface area (Å²) in [5, 5.41) is 11.9. The predicted molar refractivity (Wildman–Crippen MR) is 98.6 cm³/mol. The highest BCUT2D eigenvalue weighted by molar-refractivity contribution is 7.99. The third kappa shape index (κ3) is 4.63. The van der Waals surface area contributed by atoms with Crippen LogP contribution in [0.15, 0.2) is 47.6 Å². The van der Waals surface area contributed by atoms with Crippen molar-refractivity contribution < 1.29 is 23.0 Å². The van der Waals surface area contributed by atoms with Crippen molar-refractivity contribution in [2.45, 2.75) is 18.7 Å². The number of tetrazole rings is 1. The minimum Gasteiger partial charge on any atom is -0.497 e. The zero-order valence-electron chi connectivity index (χ0n) is 15.0. The van der Waals surface area contributed by atoms with Gasteiger partial charge in [-0.15, -0.1) is 5.10 Å². The lowest BCUT2D eigenvalue weighted by Crippen LogP contribution is -2.10. The molecule has 10 heteroatoms. The molecule has 0 bridgehead atoms. The van der Waals surface area contributed by atoms with E-state index < -0.39 is 6.61 Å². The summed E-state index contributed by atoms with van der Waals surface area (Å²) >= 11 is 1.10. The molecule has 28 heavy (non-hydrogen) atoms. The average molecular weight is 406 g/mol. The topological polar surface area (TPSA) is 79.1 Å². The third-order valence-corrected chi connectivity index (χ3v) is 4.66. The van der Waals surface area contributed by atoms with Crippen LogP contribution in [0, 0.1) is 6.92 Å². The number of ether oxygens (including phenoxy) is 2. The number of carbonyl (C=O) groups is 1. The van der Waals surface area contributed by atoms with Crippen LogP contribution < -0.4 is 9.47 Å². The SMILES string of the molecule is COc1ccc(-n2nnnc2SCC(=O)c2cc(C)ccc2OC(F)F)cc1. The third-order valence-electron chi connectivity index (χ3n) is 3.74. The van der Waals surface area contributed by atoms with Crippen molar-refractivity contribution in [3.8, 4) is 17.2 Å².